The van der Waals surface area contributed by atoms with Crippen LogP contribution in [-0.2, 0) is 14.8 Å². The van der Waals surface area contributed by atoms with Crippen molar-refractivity contribution < 1.29 is 17.9 Å². The molecule has 3 aromatic rings. The van der Waals surface area contributed by atoms with Crippen molar-refractivity contribution in [2.75, 3.05) is 23.3 Å². The lowest BCUT2D eigenvalue weighted by Gasteiger charge is -2.26. The lowest BCUT2D eigenvalue weighted by Crippen LogP contribution is -2.38. The number of aryl methyl sites for hydroxylation is 1. The van der Waals surface area contributed by atoms with E-state index in [1.165, 1.54) is 25.3 Å². The van der Waals surface area contributed by atoms with E-state index < -0.39 is 22.5 Å². The second-order valence-corrected chi connectivity index (χ2v) is 9.37. The zero-order valence-electron chi connectivity index (χ0n) is 16.8. The summed E-state index contributed by atoms with van der Waals surface area (Å²) in [6.45, 7) is 1.34. The summed E-state index contributed by atoms with van der Waals surface area (Å²) in [6, 6.07) is 17.6. The van der Waals surface area contributed by atoms with Crippen LogP contribution in [0, 0.1) is 6.92 Å². The second kappa shape index (κ2) is 9.60. The molecule has 0 bridgehead atoms. The van der Waals surface area contributed by atoms with Gasteiger partial charge in [0.15, 0.2) is 0 Å². The van der Waals surface area contributed by atoms with Crippen LogP contribution in [0.25, 0.3) is 0 Å². The number of carbonyl (C=O) groups excluding carboxylic acids is 1. The molecule has 0 radical (unpaired) electrons. The highest BCUT2D eigenvalue weighted by Gasteiger charge is 2.30. The van der Waals surface area contributed by atoms with Crippen molar-refractivity contribution in [3.05, 3.63) is 82.3 Å². The molecule has 0 aliphatic carbocycles. The lowest BCUT2D eigenvalue weighted by atomic mass is 10.2. The lowest BCUT2D eigenvalue weighted by molar-refractivity contribution is -0.114. The fraction of sp³-hybridized carbons (Fsp3) is 0.136. The van der Waals surface area contributed by atoms with Gasteiger partial charge in [-0.15, -0.1) is 0 Å². The normalized spacial score (nSPS) is 11.1. The van der Waals surface area contributed by atoms with Crippen LogP contribution in [0.2, 0.25) is 10.0 Å². The molecule has 0 unspecified atom stereocenters. The van der Waals surface area contributed by atoms with Gasteiger partial charge < -0.3 is 10.1 Å². The molecule has 6 nitrogen and oxygen atoms in total. The van der Waals surface area contributed by atoms with Gasteiger partial charge in [0.1, 0.15) is 12.3 Å². The number of hydrogen-bond acceptors (Lipinski definition) is 4. The Morgan fingerprint density at radius 3 is 2.35 bits per heavy atom. The first kappa shape index (κ1) is 22.9. The van der Waals surface area contributed by atoms with Gasteiger partial charge in [-0.1, -0.05) is 53.0 Å². The number of hydrogen-bond donors (Lipinski definition) is 1. The third kappa shape index (κ3) is 5.31. The van der Waals surface area contributed by atoms with Gasteiger partial charge in [-0.2, -0.15) is 0 Å². The predicted molar refractivity (Wildman–Crippen MR) is 124 cm³/mol. The maximum Gasteiger partial charge on any atom is 0.264 e. The topological polar surface area (TPSA) is 75.7 Å². The summed E-state index contributed by atoms with van der Waals surface area (Å²) in [5, 5.41) is 3.28. The van der Waals surface area contributed by atoms with Gasteiger partial charge in [0, 0.05) is 5.02 Å². The summed E-state index contributed by atoms with van der Waals surface area (Å²) in [7, 11) is -2.71. The highest BCUT2D eigenvalue weighted by molar-refractivity contribution is 7.92. The maximum absolute atomic E-state index is 13.5. The molecule has 0 fully saturated rings. The largest absolute Gasteiger partial charge is 0.495 e. The SMILES string of the molecule is COc1ccc(Cl)cc1N(CC(=O)Nc1ccccc1Cl)S(=O)(=O)c1ccc(C)cc1. The summed E-state index contributed by atoms with van der Waals surface area (Å²) in [6.07, 6.45) is 0. The third-order valence-electron chi connectivity index (χ3n) is 4.45. The maximum atomic E-state index is 13.5. The minimum absolute atomic E-state index is 0.0330. The van der Waals surface area contributed by atoms with Gasteiger partial charge in [0.25, 0.3) is 10.0 Å². The van der Waals surface area contributed by atoms with E-state index in [-0.39, 0.29) is 16.3 Å². The molecule has 0 saturated heterocycles. The Bertz CT molecular complexity index is 1200. The van der Waals surface area contributed by atoms with Crippen molar-refractivity contribution in [1.29, 1.82) is 0 Å². The first-order valence-electron chi connectivity index (χ1n) is 9.19. The molecule has 0 aliphatic heterocycles. The monoisotopic (exact) mass is 478 g/mol. The van der Waals surface area contributed by atoms with Gasteiger partial charge in [-0.3, -0.25) is 9.10 Å². The minimum atomic E-state index is -4.12. The molecule has 0 heterocycles. The predicted octanol–water partition coefficient (Wildman–Crippen LogP) is 5.14. The van der Waals surface area contributed by atoms with Crippen molar-refractivity contribution in [2.24, 2.45) is 0 Å². The quantitative estimate of drug-likeness (QED) is 0.509. The van der Waals surface area contributed by atoms with Crippen molar-refractivity contribution >= 4 is 50.5 Å². The Labute approximate surface area is 191 Å². The summed E-state index contributed by atoms with van der Waals surface area (Å²) < 4.78 is 33.3. The summed E-state index contributed by atoms with van der Waals surface area (Å²) in [5.41, 5.74) is 1.42. The highest BCUT2D eigenvalue weighted by Crippen LogP contribution is 2.35. The Kier molecular flexibility index (Phi) is 7.10. The van der Waals surface area contributed by atoms with E-state index >= 15 is 0 Å². The van der Waals surface area contributed by atoms with E-state index in [2.05, 4.69) is 5.32 Å². The van der Waals surface area contributed by atoms with Crippen LogP contribution in [0.1, 0.15) is 5.56 Å². The van der Waals surface area contributed by atoms with Crippen molar-refractivity contribution in [2.45, 2.75) is 11.8 Å². The molecular weight excluding hydrogens is 459 g/mol. The number of nitrogens with one attached hydrogen (secondary N) is 1. The zero-order chi connectivity index (χ0) is 22.6. The number of sulfonamides is 1. The third-order valence-corrected chi connectivity index (χ3v) is 6.79. The molecule has 1 amide bonds. The van der Waals surface area contributed by atoms with Gasteiger partial charge in [-0.25, -0.2) is 8.42 Å². The number of halogens is 2. The van der Waals surface area contributed by atoms with Crippen LogP contribution in [0.5, 0.6) is 5.75 Å². The van der Waals surface area contributed by atoms with Gasteiger partial charge in [0.05, 0.1) is 28.4 Å². The first-order chi connectivity index (χ1) is 14.7. The van der Waals surface area contributed by atoms with E-state index in [0.29, 0.717) is 15.7 Å². The molecule has 0 spiro atoms. The van der Waals surface area contributed by atoms with E-state index in [4.69, 9.17) is 27.9 Å². The molecular formula is C22H20Cl2N2O4S. The van der Waals surface area contributed by atoms with E-state index in [0.717, 1.165) is 9.87 Å². The number of carbonyl (C=O) groups is 1. The molecule has 3 rings (SSSR count). The van der Waals surface area contributed by atoms with Gasteiger partial charge >= 0.3 is 0 Å². The van der Waals surface area contributed by atoms with E-state index in [9.17, 15) is 13.2 Å². The van der Waals surface area contributed by atoms with Gasteiger partial charge in [0.2, 0.25) is 5.91 Å². The molecule has 162 valence electrons. The standard InChI is InChI=1S/C22H20Cl2N2O4S/c1-15-7-10-17(11-8-15)31(28,29)26(20-13-16(23)9-12-21(20)30-2)14-22(27)25-19-6-4-3-5-18(19)24/h3-13H,14H2,1-2H3,(H,25,27). The number of amides is 1. The minimum Gasteiger partial charge on any atom is -0.495 e. The molecule has 0 saturated carbocycles. The number of para-hydroxylation sites is 1. The molecule has 0 atom stereocenters. The van der Waals surface area contributed by atoms with Crippen LogP contribution >= 0.6 is 23.2 Å². The molecule has 1 N–H and O–H groups in total. The molecule has 0 aliphatic rings. The number of ether oxygens (including phenoxy) is 1. The molecule has 3 aromatic carbocycles. The Balaban J connectivity index is 2.04. The zero-order valence-corrected chi connectivity index (χ0v) is 19.1. The average molecular weight is 479 g/mol. The van der Waals surface area contributed by atoms with Crippen LogP contribution in [0.4, 0.5) is 11.4 Å². The van der Waals surface area contributed by atoms with Crippen LogP contribution < -0.4 is 14.4 Å². The van der Waals surface area contributed by atoms with Crippen LogP contribution in [-0.4, -0.2) is 28.0 Å². The average Bonchev–Trinajstić information content (AvgIpc) is 2.74. The van der Waals surface area contributed by atoms with E-state index in [1.54, 1.807) is 48.5 Å². The summed E-state index contributed by atoms with van der Waals surface area (Å²) in [5.74, 6) is -0.323. The van der Waals surface area contributed by atoms with Crippen LogP contribution in [0.3, 0.4) is 0 Å². The van der Waals surface area contributed by atoms with Gasteiger partial charge in [-0.05, 0) is 49.4 Å². The Morgan fingerprint density at radius 2 is 1.71 bits per heavy atom. The Morgan fingerprint density at radius 1 is 1.03 bits per heavy atom. The number of rotatable bonds is 7. The molecule has 0 aromatic heterocycles. The fourth-order valence-electron chi connectivity index (χ4n) is 2.88. The van der Waals surface area contributed by atoms with Crippen molar-refractivity contribution in [3.63, 3.8) is 0 Å². The number of methoxy groups -OCH3 is 1. The smallest absolute Gasteiger partial charge is 0.264 e. The first-order valence-corrected chi connectivity index (χ1v) is 11.4. The number of nitrogens with zero attached hydrogens (tertiary/aromatic N) is 1. The van der Waals surface area contributed by atoms with Crippen molar-refractivity contribution in [1.82, 2.24) is 0 Å². The second-order valence-electron chi connectivity index (χ2n) is 6.67. The fourth-order valence-corrected chi connectivity index (χ4v) is 4.65. The molecule has 31 heavy (non-hydrogen) atoms. The summed E-state index contributed by atoms with van der Waals surface area (Å²) >= 11 is 12.2. The Hall–Kier alpha value is -2.74. The van der Waals surface area contributed by atoms with Crippen LogP contribution in [0.15, 0.2) is 71.6 Å². The number of benzene rings is 3. The van der Waals surface area contributed by atoms with Crippen molar-refractivity contribution in [3.8, 4) is 5.75 Å². The summed E-state index contributed by atoms with van der Waals surface area (Å²) in [4.78, 5) is 12.8. The van der Waals surface area contributed by atoms with E-state index in [1.807, 2.05) is 6.92 Å². The number of anilines is 2. The highest BCUT2D eigenvalue weighted by atomic mass is 35.5. The molecule has 9 heteroatoms.